The van der Waals surface area contributed by atoms with Crippen LogP contribution in [0.25, 0.3) is 0 Å². The van der Waals surface area contributed by atoms with Crippen molar-refractivity contribution in [2.45, 2.75) is 76.8 Å². The topological polar surface area (TPSA) is 75.3 Å². The Hall–Kier alpha value is -2.47. The van der Waals surface area contributed by atoms with E-state index in [0.717, 1.165) is 31.6 Å². The van der Waals surface area contributed by atoms with E-state index in [2.05, 4.69) is 40.8 Å². The molecule has 166 valence electrons. The van der Waals surface area contributed by atoms with Gasteiger partial charge in [0.15, 0.2) is 0 Å². The average molecular weight is 422 g/mol. The molecule has 0 spiro atoms. The third-order valence-electron chi connectivity index (χ3n) is 6.97. The van der Waals surface area contributed by atoms with Crippen LogP contribution in [0.2, 0.25) is 0 Å². The summed E-state index contributed by atoms with van der Waals surface area (Å²) in [7, 11) is 0. The van der Waals surface area contributed by atoms with Gasteiger partial charge in [0, 0.05) is 30.5 Å². The number of hydrogen-bond donors (Lipinski definition) is 1. The number of aromatic nitrogens is 2. The number of unbranched alkanes of at least 4 members (excludes halogenated alkanes) is 2. The lowest BCUT2D eigenvalue weighted by atomic mass is 9.89. The molecule has 1 amide bonds. The van der Waals surface area contributed by atoms with Crippen molar-refractivity contribution in [1.29, 1.82) is 0 Å². The van der Waals surface area contributed by atoms with Gasteiger partial charge >= 0.3 is 0 Å². The lowest BCUT2D eigenvalue weighted by Gasteiger charge is -2.39. The van der Waals surface area contributed by atoms with Crippen LogP contribution in [0.3, 0.4) is 0 Å². The Morgan fingerprint density at radius 2 is 1.77 bits per heavy atom. The highest BCUT2D eigenvalue weighted by molar-refractivity contribution is 6.00. The van der Waals surface area contributed by atoms with Gasteiger partial charge in [-0.25, -0.2) is 4.98 Å². The fourth-order valence-corrected chi connectivity index (χ4v) is 5.24. The van der Waals surface area contributed by atoms with E-state index in [1.807, 2.05) is 17.0 Å². The maximum atomic E-state index is 13.4. The molecule has 31 heavy (non-hydrogen) atoms. The Balaban J connectivity index is 1.39. The summed E-state index contributed by atoms with van der Waals surface area (Å²) in [6.07, 6.45) is 11.1. The third-order valence-corrected chi connectivity index (χ3v) is 6.97. The maximum Gasteiger partial charge on any atom is 0.236 e. The first-order valence-corrected chi connectivity index (χ1v) is 11.8. The van der Waals surface area contributed by atoms with E-state index >= 15 is 0 Å². The van der Waals surface area contributed by atoms with Crippen molar-refractivity contribution in [2.24, 2.45) is 0 Å². The molecule has 0 bridgehead atoms. The molecule has 2 aliphatic rings. The van der Waals surface area contributed by atoms with Gasteiger partial charge in [-0.05, 0) is 64.1 Å². The van der Waals surface area contributed by atoms with Gasteiger partial charge in [0.25, 0.3) is 0 Å². The van der Waals surface area contributed by atoms with Gasteiger partial charge in [-0.2, -0.15) is 0 Å². The molecule has 6 heteroatoms. The quantitative estimate of drug-likeness (QED) is 0.679. The second kappa shape index (κ2) is 9.77. The summed E-state index contributed by atoms with van der Waals surface area (Å²) >= 11 is 0. The molecule has 6 nitrogen and oxygen atoms in total. The summed E-state index contributed by atoms with van der Waals surface area (Å²) in [6.45, 7) is 6.62. The van der Waals surface area contributed by atoms with Crippen LogP contribution in [0.1, 0.15) is 69.5 Å². The molecule has 1 aromatic heterocycles. The van der Waals surface area contributed by atoms with Gasteiger partial charge in [0.2, 0.25) is 5.91 Å². The number of anilines is 2. The number of para-hydroxylation sites is 1. The Morgan fingerprint density at radius 3 is 2.55 bits per heavy atom. The molecule has 0 saturated carbocycles. The van der Waals surface area contributed by atoms with Crippen molar-refractivity contribution in [2.75, 3.05) is 23.7 Å². The number of fused-ring (bicyclic) bond motifs is 1. The van der Waals surface area contributed by atoms with Crippen LogP contribution in [0.4, 0.5) is 11.5 Å². The molecule has 1 saturated heterocycles. The number of amides is 1. The van der Waals surface area contributed by atoms with Crippen LogP contribution in [-0.2, 0) is 11.2 Å². The number of nitrogen functional groups attached to an aromatic ring is 1. The van der Waals surface area contributed by atoms with Crippen LogP contribution < -0.4 is 10.6 Å². The summed E-state index contributed by atoms with van der Waals surface area (Å²) in [4.78, 5) is 26.6. The predicted molar refractivity (Wildman–Crippen MR) is 125 cm³/mol. The molecule has 0 aliphatic carbocycles. The highest BCUT2D eigenvalue weighted by atomic mass is 16.2. The zero-order valence-corrected chi connectivity index (χ0v) is 18.8. The first-order chi connectivity index (χ1) is 15.0. The van der Waals surface area contributed by atoms with Gasteiger partial charge in [-0.3, -0.25) is 14.7 Å². The van der Waals surface area contributed by atoms with E-state index in [-0.39, 0.29) is 11.8 Å². The van der Waals surface area contributed by atoms with Gasteiger partial charge in [-0.1, -0.05) is 31.0 Å². The molecule has 3 atom stereocenters. The average Bonchev–Trinajstić information content (AvgIpc) is 2.76. The minimum atomic E-state index is -0.319. The number of benzene rings is 1. The Kier molecular flexibility index (Phi) is 6.86. The first kappa shape index (κ1) is 21.8. The fourth-order valence-electron chi connectivity index (χ4n) is 5.24. The van der Waals surface area contributed by atoms with Gasteiger partial charge in [0.05, 0.1) is 17.8 Å². The molecule has 1 fully saturated rings. The van der Waals surface area contributed by atoms with E-state index in [1.165, 1.54) is 37.4 Å². The van der Waals surface area contributed by atoms with E-state index in [9.17, 15) is 4.79 Å². The number of nitrogens with two attached hydrogens (primary N) is 1. The summed E-state index contributed by atoms with van der Waals surface area (Å²) < 4.78 is 0. The number of likely N-dealkylation sites (tertiary alicyclic amines) is 1. The van der Waals surface area contributed by atoms with Crippen molar-refractivity contribution in [1.82, 2.24) is 14.9 Å². The number of carbonyl (C=O) groups is 1. The largest absolute Gasteiger partial charge is 0.382 e. The second-order valence-corrected chi connectivity index (χ2v) is 9.17. The molecule has 3 heterocycles. The van der Waals surface area contributed by atoms with Crippen LogP contribution in [0.15, 0.2) is 36.7 Å². The van der Waals surface area contributed by atoms with Crippen molar-refractivity contribution in [3.63, 3.8) is 0 Å². The van der Waals surface area contributed by atoms with Crippen molar-refractivity contribution >= 4 is 17.4 Å². The molecule has 0 radical (unpaired) electrons. The molecule has 1 unspecified atom stereocenters. The number of carbonyl (C=O) groups excluding carboxylic acids is 1. The van der Waals surface area contributed by atoms with Crippen molar-refractivity contribution in [3.05, 3.63) is 47.9 Å². The molecule has 1 aromatic carbocycles. The summed E-state index contributed by atoms with van der Waals surface area (Å²) in [5.41, 5.74) is 8.72. The molecular weight excluding hydrogens is 386 g/mol. The van der Waals surface area contributed by atoms with E-state index < -0.39 is 0 Å². The first-order valence-electron chi connectivity index (χ1n) is 11.8. The van der Waals surface area contributed by atoms with Crippen LogP contribution in [0, 0.1) is 0 Å². The highest BCUT2D eigenvalue weighted by Gasteiger charge is 2.34. The zero-order chi connectivity index (χ0) is 21.8. The Labute approximate surface area is 185 Å². The monoisotopic (exact) mass is 421 g/mol. The summed E-state index contributed by atoms with van der Waals surface area (Å²) in [5.74, 6) is 0.148. The van der Waals surface area contributed by atoms with E-state index in [0.29, 0.717) is 30.0 Å². The molecule has 2 N–H and O–H groups in total. The lowest BCUT2D eigenvalue weighted by molar-refractivity contribution is -0.120. The van der Waals surface area contributed by atoms with Gasteiger partial charge in [0.1, 0.15) is 5.82 Å². The number of rotatable bonds is 7. The Morgan fingerprint density at radius 1 is 1.03 bits per heavy atom. The number of piperidine rings is 1. The van der Waals surface area contributed by atoms with E-state index in [4.69, 9.17) is 5.73 Å². The molecule has 2 aliphatic heterocycles. The van der Waals surface area contributed by atoms with Crippen LogP contribution in [0.5, 0.6) is 0 Å². The molecular formula is C25H35N5O. The standard InChI is InChI=1S/C25H35N5O/c1-18-9-8-10-19(2)29(18)13-6-3-7-14-30-23-12-5-4-11-20(23)15-21(25(30)31)22-16-27-17-24(26)28-22/h4-5,11-12,16-19,21H,3,6-10,13-15H2,1-2H3,(H2,26,28)/t18-,19+,21?. The third kappa shape index (κ3) is 4.90. The Bertz CT molecular complexity index is 891. The van der Waals surface area contributed by atoms with Gasteiger partial charge in [-0.15, -0.1) is 0 Å². The SMILES string of the molecule is C[C@@H]1CCC[C@H](C)N1CCCCCN1C(=O)C(c2cncc(N)n2)Cc2ccccc21. The van der Waals surface area contributed by atoms with Crippen molar-refractivity contribution in [3.8, 4) is 0 Å². The predicted octanol–water partition coefficient (Wildman–Crippen LogP) is 4.16. The molecule has 4 rings (SSSR count). The van der Waals surface area contributed by atoms with Crippen LogP contribution in [-0.4, -0.2) is 45.9 Å². The minimum absolute atomic E-state index is 0.108. The van der Waals surface area contributed by atoms with Gasteiger partial charge < -0.3 is 10.6 Å². The van der Waals surface area contributed by atoms with Crippen molar-refractivity contribution < 1.29 is 4.79 Å². The number of nitrogens with zero attached hydrogens (tertiary/aromatic N) is 4. The van der Waals surface area contributed by atoms with Crippen LogP contribution >= 0.6 is 0 Å². The minimum Gasteiger partial charge on any atom is -0.382 e. The lowest BCUT2D eigenvalue weighted by Crippen LogP contribution is -2.44. The molecule has 2 aromatic rings. The fraction of sp³-hybridized carbons (Fsp3) is 0.560. The number of hydrogen-bond acceptors (Lipinski definition) is 5. The van der Waals surface area contributed by atoms with E-state index in [1.54, 1.807) is 6.20 Å². The second-order valence-electron chi connectivity index (χ2n) is 9.17. The highest BCUT2D eigenvalue weighted by Crippen LogP contribution is 2.35. The zero-order valence-electron chi connectivity index (χ0n) is 18.8. The maximum absolute atomic E-state index is 13.4. The summed E-state index contributed by atoms with van der Waals surface area (Å²) in [5, 5.41) is 0. The summed E-state index contributed by atoms with van der Waals surface area (Å²) in [6, 6.07) is 9.61. The normalized spacial score (nSPS) is 24.3. The smallest absolute Gasteiger partial charge is 0.236 e.